The molecule has 1 atom stereocenters. The molecule has 144 valence electrons. The maximum absolute atomic E-state index is 12.7. The van der Waals surface area contributed by atoms with Crippen molar-refractivity contribution in [1.29, 1.82) is 0 Å². The van der Waals surface area contributed by atoms with Gasteiger partial charge in [0.2, 0.25) is 0 Å². The van der Waals surface area contributed by atoms with E-state index in [1.807, 2.05) is 35.2 Å². The normalized spacial score (nSPS) is 21.3. The van der Waals surface area contributed by atoms with Crippen LogP contribution in [0.5, 0.6) is 5.75 Å². The summed E-state index contributed by atoms with van der Waals surface area (Å²) in [5.74, 6) is 1.43. The zero-order valence-corrected chi connectivity index (χ0v) is 15.8. The van der Waals surface area contributed by atoms with Crippen LogP contribution < -0.4 is 4.74 Å². The van der Waals surface area contributed by atoms with Crippen LogP contribution in [0.4, 0.5) is 0 Å². The largest absolute Gasteiger partial charge is 0.483 e. The summed E-state index contributed by atoms with van der Waals surface area (Å²) in [6.07, 6.45) is 2.28. The first-order chi connectivity index (χ1) is 13.3. The molecule has 2 aromatic carbocycles. The minimum atomic E-state index is 0.0922. The number of amides is 1. The van der Waals surface area contributed by atoms with E-state index in [1.54, 1.807) is 0 Å². The third-order valence-electron chi connectivity index (χ3n) is 5.59. The second-order valence-electron chi connectivity index (χ2n) is 7.53. The van der Waals surface area contributed by atoms with Crippen LogP contribution in [0.25, 0.3) is 10.8 Å². The van der Waals surface area contributed by atoms with Crippen LogP contribution in [0, 0.1) is 5.92 Å². The van der Waals surface area contributed by atoms with Crippen molar-refractivity contribution in [1.82, 2.24) is 9.80 Å². The number of carbonyl (C=O) groups is 1. The molecule has 4 rings (SSSR count). The molecule has 2 heterocycles. The Morgan fingerprint density at radius 2 is 1.89 bits per heavy atom. The Labute approximate surface area is 160 Å². The lowest BCUT2D eigenvalue weighted by atomic mass is 9.97. The summed E-state index contributed by atoms with van der Waals surface area (Å²) < 4.78 is 11.3. The molecule has 2 aliphatic rings. The van der Waals surface area contributed by atoms with Crippen molar-refractivity contribution < 1.29 is 14.3 Å². The molecule has 0 spiro atoms. The van der Waals surface area contributed by atoms with Gasteiger partial charge in [-0.2, -0.15) is 0 Å². The minimum Gasteiger partial charge on any atom is -0.483 e. The molecule has 0 aliphatic carbocycles. The van der Waals surface area contributed by atoms with E-state index in [0.29, 0.717) is 5.92 Å². The summed E-state index contributed by atoms with van der Waals surface area (Å²) in [7, 11) is 0. The van der Waals surface area contributed by atoms with Crippen molar-refractivity contribution in [2.75, 3.05) is 52.5 Å². The standard InChI is InChI=1S/C22H28N2O3/c25-22(17-27-21-9-3-7-19-6-1-2-8-20(19)21)24-10-4-5-18(16-24)15-23-11-13-26-14-12-23/h1-3,6-9,18H,4-5,10-17H2/t18-/m0/s1. The smallest absolute Gasteiger partial charge is 0.260 e. The number of carbonyl (C=O) groups excluding carboxylic acids is 1. The predicted molar refractivity (Wildman–Crippen MR) is 106 cm³/mol. The number of hydrogen-bond acceptors (Lipinski definition) is 4. The van der Waals surface area contributed by atoms with Crippen LogP contribution in [-0.4, -0.2) is 68.3 Å². The molecular weight excluding hydrogens is 340 g/mol. The van der Waals surface area contributed by atoms with E-state index in [0.717, 1.165) is 68.9 Å². The highest BCUT2D eigenvalue weighted by Crippen LogP contribution is 2.25. The number of benzene rings is 2. The van der Waals surface area contributed by atoms with Crippen molar-refractivity contribution in [2.45, 2.75) is 12.8 Å². The summed E-state index contributed by atoms with van der Waals surface area (Å²) in [5, 5.41) is 2.18. The second-order valence-corrected chi connectivity index (χ2v) is 7.53. The highest BCUT2D eigenvalue weighted by atomic mass is 16.5. The Hall–Kier alpha value is -2.11. The van der Waals surface area contributed by atoms with Gasteiger partial charge in [-0.05, 0) is 30.2 Å². The van der Waals surface area contributed by atoms with Crippen molar-refractivity contribution in [3.8, 4) is 5.75 Å². The van der Waals surface area contributed by atoms with E-state index in [-0.39, 0.29) is 12.5 Å². The van der Waals surface area contributed by atoms with Crippen molar-refractivity contribution in [3.05, 3.63) is 42.5 Å². The van der Waals surface area contributed by atoms with Gasteiger partial charge in [0.1, 0.15) is 5.75 Å². The Balaban J connectivity index is 1.32. The topological polar surface area (TPSA) is 42.0 Å². The van der Waals surface area contributed by atoms with Crippen LogP contribution in [-0.2, 0) is 9.53 Å². The fourth-order valence-corrected chi connectivity index (χ4v) is 4.14. The number of fused-ring (bicyclic) bond motifs is 1. The molecule has 0 unspecified atom stereocenters. The van der Waals surface area contributed by atoms with Crippen LogP contribution in [0.3, 0.4) is 0 Å². The molecule has 5 nitrogen and oxygen atoms in total. The highest BCUT2D eigenvalue weighted by molar-refractivity contribution is 5.88. The zero-order chi connectivity index (χ0) is 18.5. The Kier molecular flexibility index (Phi) is 5.90. The van der Waals surface area contributed by atoms with Gasteiger partial charge in [-0.1, -0.05) is 36.4 Å². The van der Waals surface area contributed by atoms with Crippen LogP contribution in [0.15, 0.2) is 42.5 Å². The third kappa shape index (κ3) is 4.60. The molecule has 27 heavy (non-hydrogen) atoms. The number of nitrogens with zero attached hydrogens (tertiary/aromatic N) is 2. The number of ether oxygens (including phenoxy) is 2. The molecule has 0 saturated carbocycles. The van der Waals surface area contributed by atoms with Crippen molar-refractivity contribution >= 4 is 16.7 Å². The first-order valence-corrected chi connectivity index (χ1v) is 9.98. The van der Waals surface area contributed by atoms with Crippen LogP contribution >= 0.6 is 0 Å². The molecule has 2 fully saturated rings. The van der Waals surface area contributed by atoms with Gasteiger partial charge >= 0.3 is 0 Å². The second kappa shape index (κ2) is 8.72. The molecule has 0 N–H and O–H groups in total. The molecule has 5 heteroatoms. The van der Waals surface area contributed by atoms with Gasteiger partial charge in [0, 0.05) is 38.1 Å². The summed E-state index contributed by atoms with van der Waals surface area (Å²) >= 11 is 0. The van der Waals surface area contributed by atoms with Crippen molar-refractivity contribution in [2.24, 2.45) is 5.92 Å². The van der Waals surface area contributed by atoms with E-state index in [2.05, 4.69) is 17.0 Å². The van der Waals surface area contributed by atoms with Crippen molar-refractivity contribution in [3.63, 3.8) is 0 Å². The Morgan fingerprint density at radius 1 is 1.07 bits per heavy atom. The lowest BCUT2D eigenvalue weighted by molar-refractivity contribution is -0.135. The zero-order valence-electron chi connectivity index (χ0n) is 15.8. The van der Waals surface area contributed by atoms with Crippen LogP contribution in [0.2, 0.25) is 0 Å². The summed E-state index contributed by atoms with van der Waals surface area (Å²) in [6.45, 7) is 6.54. The lowest BCUT2D eigenvalue weighted by Crippen LogP contribution is -2.47. The quantitative estimate of drug-likeness (QED) is 0.814. The van der Waals surface area contributed by atoms with E-state index in [9.17, 15) is 4.79 Å². The molecule has 2 saturated heterocycles. The fourth-order valence-electron chi connectivity index (χ4n) is 4.14. The average Bonchev–Trinajstić information content (AvgIpc) is 2.73. The molecule has 0 bridgehead atoms. The van der Waals surface area contributed by atoms with Gasteiger partial charge in [0.05, 0.1) is 13.2 Å². The summed E-state index contributed by atoms with van der Waals surface area (Å²) in [4.78, 5) is 17.2. The monoisotopic (exact) mass is 368 g/mol. The SMILES string of the molecule is O=C(COc1cccc2ccccc12)N1CCC[C@@H](CN2CCOCC2)C1. The average molecular weight is 368 g/mol. The van der Waals surface area contributed by atoms with E-state index in [4.69, 9.17) is 9.47 Å². The molecule has 0 radical (unpaired) electrons. The lowest BCUT2D eigenvalue weighted by Gasteiger charge is -2.36. The van der Waals surface area contributed by atoms with Gasteiger partial charge in [-0.3, -0.25) is 9.69 Å². The van der Waals surface area contributed by atoms with Crippen LogP contribution in [0.1, 0.15) is 12.8 Å². The first kappa shape index (κ1) is 18.3. The molecule has 1 amide bonds. The van der Waals surface area contributed by atoms with Gasteiger partial charge in [-0.25, -0.2) is 0 Å². The minimum absolute atomic E-state index is 0.0922. The fraction of sp³-hybridized carbons (Fsp3) is 0.500. The summed E-state index contributed by atoms with van der Waals surface area (Å²) in [6, 6.07) is 14.1. The number of rotatable bonds is 5. The Bertz CT molecular complexity index is 768. The maximum atomic E-state index is 12.7. The molecular formula is C22H28N2O3. The number of likely N-dealkylation sites (tertiary alicyclic amines) is 1. The highest BCUT2D eigenvalue weighted by Gasteiger charge is 2.26. The van der Waals surface area contributed by atoms with E-state index >= 15 is 0 Å². The maximum Gasteiger partial charge on any atom is 0.260 e. The molecule has 2 aromatic rings. The number of morpholine rings is 1. The summed E-state index contributed by atoms with van der Waals surface area (Å²) in [5.41, 5.74) is 0. The van der Waals surface area contributed by atoms with Gasteiger partial charge in [0.25, 0.3) is 5.91 Å². The van der Waals surface area contributed by atoms with E-state index < -0.39 is 0 Å². The number of hydrogen-bond donors (Lipinski definition) is 0. The molecule has 0 aromatic heterocycles. The molecule has 2 aliphatic heterocycles. The third-order valence-corrected chi connectivity index (χ3v) is 5.59. The first-order valence-electron chi connectivity index (χ1n) is 9.98. The Morgan fingerprint density at radius 3 is 2.78 bits per heavy atom. The van der Waals surface area contributed by atoms with Gasteiger partial charge in [0.15, 0.2) is 6.61 Å². The van der Waals surface area contributed by atoms with Gasteiger partial charge < -0.3 is 14.4 Å². The predicted octanol–water partition coefficient (Wildman–Crippen LogP) is 2.79. The van der Waals surface area contributed by atoms with Gasteiger partial charge in [-0.15, -0.1) is 0 Å². The number of piperidine rings is 1. The van der Waals surface area contributed by atoms with E-state index in [1.165, 1.54) is 6.42 Å².